The first-order chi connectivity index (χ1) is 15.9. The molecule has 1 aliphatic heterocycles. The number of methoxy groups -OCH3 is 1. The fourth-order valence-electron chi connectivity index (χ4n) is 3.99. The molecule has 4 rings (SSSR count). The summed E-state index contributed by atoms with van der Waals surface area (Å²) in [5.41, 5.74) is 3.70. The van der Waals surface area contributed by atoms with E-state index >= 15 is 0 Å². The molecular formula is C24H30N6O3. The third kappa shape index (κ3) is 5.42. The van der Waals surface area contributed by atoms with Gasteiger partial charge < -0.3 is 24.4 Å². The lowest BCUT2D eigenvalue weighted by Gasteiger charge is -2.35. The molecule has 0 spiro atoms. The van der Waals surface area contributed by atoms with E-state index in [1.54, 1.807) is 7.11 Å². The Kier molecular flexibility index (Phi) is 6.76. The molecule has 1 saturated heterocycles. The average molecular weight is 451 g/mol. The summed E-state index contributed by atoms with van der Waals surface area (Å²) in [5, 5.41) is 7.30. The highest BCUT2D eigenvalue weighted by Gasteiger charge is 2.23. The number of aromatic nitrogens is 3. The van der Waals surface area contributed by atoms with E-state index in [4.69, 9.17) is 14.2 Å². The molecule has 0 atom stereocenters. The van der Waals surface area contributed by atoms with Gasteiger partial charge in [-0.05, 0) is 51.5 Å². The van der Waals surface area contributed by atoms with Crippen LogP contribution in [0, 0.1) is 20.8 Å². The molecule has 33 heavy (non-hydrogen) atoms. The first-order valence-electron chi connectivity index (χ1n) is 11.1. The minimum atomic E-state index is 0.154. The van der Waals surface area contributed by atoms with Gasteiger partial charge >= 0.3 is 0 Å². The predicted octanol–water partition coefficient (Wildman–Crippen LogP) is 3.42. The van der Waals surface area contributed by atoms with E-state index in [-0.39, 0.29) is 5.91 Å². The van der Waals surface area contributed by atoms with Gasteiger partial charge in [0.15, 0.2) is 0 Å². The lowest BCUT2D eigenvalue weighted by atomic mass is 10.1. The second-order valence-corrected chi connectivity index (χ2v) is 8.22. The standard InChI is InChI=1S/C24H30N6O3/c1-16-15-22(26-19-5-7-20(32-4)8-6-19)27-24(25-16)30-13-11-29(12-14-30)23(31)10-9-21-17(2)28-33-18(21)3/h5-8,15H,9-14H2,1-4H3,(H,25,26,27). The number of carbonyl (C=O) groups is 1. The highest BCUT2D eigenvalue weighted by atomic mass is 16.5. The van der Waals surface area contributed by atoms with Crippen LogP contribution in [0.1, 0.15) is 29.1 Å². The van der Waals surface area contributed by atoms with Crippen LogP contribution in [0.2, 0.25) is 0 Å². The first kappa shape index (κ1) is 22.6. The molecular weight excluding hydrogens is 420 g/mol. The second kappa shape index (κ2) is 9.89. The summed E-state index contributed by atoms with van der Waals surface area (Å²) in [6.45, 7) is 8.45. The zero-order valence-electron chi connectivity index (χ0n) is 19.6. The van der Waals surface area contributed by atoms with E-state index in [9.17, 15) is 4.79 Å². The van der Waals surface area contributed by atoms with Crippen LogP contribution in [-0.4, -0.2) is 59.2 Å². The summed E-state index contributed by atoms with van der Waals surface area (Å²) in [5.74, 6) is 3.16. The van der Waals surface area contributed by atoms with Gasteiger partial charge in [-0.1, -0.05) is 5.16 Å². The van der Waals surface area contributed by atoms with Crippen molar-refractivity contribution >= 4 is 23.4 Å². The van der Waals surface area contributed by atoms with Gasteiger partial charge in [0.25, 0.3) is 0 Å². The minimum Gasteiger partial charge on any atom is -0.497 e. The number of ether oxygens (including phenoxy) is 1. The number of amides is 1. The lowest BCUT2D eigenvalue weighted by molar-refractivity contribution is -0.131. The molecule has 0 unspecified atom stereocenters. The second-order valence-electron chi connectivity index (χ2n) is 8.22. The molecule has 0 saturated carbocycles. The molecule has 0 radical (unpaired) electrons. The maximum Gasteiger partial charge on any atom is 0.227 e. The van der Waals surface area contributed by atoms with Crippen molar-refractivity contribution in [2.45, 2.75) is 33.6 Å². The van der Waals surface area contributed by atoms with E-state index in [0.29, 0.717) is 45.0 Å². The number of hydrogen-bond donors (Lipinski definition) is 1. The van der Waals surface area contributed by atoms with Crippen LogP contribution in [0.15, 0.2) is 34.9 Å². The van der Waals surface area contributed by atoms with Crippen molar-refractivity contribution in [2.24, 2.45) is 0 Å². The smallest absolute Gasteiger partial charge is 0.227 e. The lowest BCUT2D eigenvalue weighted by Crippen LogP contribution is -2.49. The van der Waals surface area contributed by atoms with E-state index in [0.717, 1.165) is 40.0 Å². The van der Waals surface area contributed by atoms with Gasteiger partial charge in [-0.25, -0.2) is 4.98 Å². The molecule has 3 aromatic rings. The Morgan fingerprint density at radius 2 is 1.82 bits per heavy atom. The molecule has 0 bridgehead atoms. The number of aryl methyl sites for hydroxylation is 3. The zero-order chi connectivity index (χ0) is 23.4. The summed E-state index contributed by atoms with van der Waals surface area (Å²) >= 11 is 0. The van der Waals surface area contributed by atoms with Gasteiger partial charge in [0.2, 0.25) is 11.9 Å². The van der Waals surface area contributed by atoms with Crippen LogP contribution in [-0.2, 0) is 11.2 Å². The summed E-state index contributed by atoms with van der Waals surface area (Å²) in [7, 11) is 1.65. The predicted molar refractivity (Wildman–Crippen MR) is 126 cm³/mol. The Morgan fingerprint density at radius 3 is 2.45 bits per heavy atom. The average Bonchev–Trinajstić information content (AvgIpc) is 3.14. The van der Waals surface area contributed by atoms with Crippen molar-refractivity contribution in [1.82, 2.24) is 20.0 Å². The van der Waals surface area contributed by atoms with Crippen LogP contribution in [0.4, 0.5) is 17.5 Å². The Morgan fingerprint density at radius 1 is 1.09 bits per heavy atom. The Bertz CT molecular complexity index is 1080. The Labute approximate surface area is 193 Å². The maximum absolute atomic E-state index is 12.7. The highest BCUT2D eigenvalue weighted by Crippen LogP contribution is 2.22. The van der Waals surface area contributed by atoms with Crippen molar-refractivity contribution in [1.29, 1.82) is 0 Å². The zero-order valence-corrected chi connectivity index (χ0v) is 19.6. The third-order valence-corrected chi connectivity index (χ3v) is 5.89. The number of piperazine rings is 1. The van der Waals surface area contributed by atoms with E-state index < -0.39 is 0 Å². The van der Waals surface area contributed by atoms with Crippen LogP contribution in [0.5, 0.6) is 5.75 Å². The van der Waals surface area contributed by atoms with Crippen molar-refractivity contribution in [2.75, 3.05) is 43.5 Å². The van der Waals surface area contributed by atoms with Gasteiger partial charge in [-0.3, -0.25) is 4.79 Å². The maximum atomic E-state index is 12.7. The highest BCUT2D eigenvalue weighted by molar-refractivity contribution is 5.76. The molecule has 9 heteroatoms. The molecule has 3 heterocycles. The van der Waals surface area contributed by atoms with E-state index in [2.05, 4.69) is 20.4 Å². The number of nitrogens with one attached hydrogen (secondary N) is 1. The van der Waals surface area contributed by atoms with Crippen molar-refractivity contribution in [3.63, 3.8) is 0 Å². The molecule has 9 nitrogen and oxygen atoms in total. The van der Waals surface area contributed by atoms with Crippen LogP contribution >= 0.6 is 0 Å². The van der Waals surface area contributed by atoms with Crippen LogP contribution in [0.3, 0.4) is 0 Å². The molecule has 1 aromatic carbocycles. The van der Waals surface area contributed by atoms with Crippen LogP contribution in [0.25, 0.3) is 0 Å². The molecule has 0 aliphatic carbocycles. The number of carbonyl (C=O) groups excluding carboxylic acids is 1. The van der Waals surface area contributed by atoms with Gasteiger partial charge in [0.05, 0.1) is 12.8 Å². The Hall–Kier alpha value is -3.62. The monoisotopic (exact) mass is 450 g/mol. The fourth-order valence-corrected chi connectivity index (χ4v) is 3.99. The van der Waals surface area contributed by atoms with Gasteiger partial charge in [0, 0.05) is 55.6 Å². The van der Waals surface area contributed by atoms with Crippen molar-refractivity contribution in [3.05, 3.63) is 53.0 Å². The quantitative estimate of drug-likeness (QED) is 0.585. The summed E-state index contributed by atoms with van der Waals surface area (Å²) < 4.78 is 10.4. The normalized spacial score (nSPS) is 13.8. The van der Waals surface area contributed by atoms with Gasteiger partial charge in [-0.15, -0.1) is 0 Å². The molecule has 1 N–H and O–H groups in total. The number of anilines is 3. The molecule has 1 aliphatic rings. The summed E-state index contributed by atoms with van der Waals surface area (Å²) in [4.78, 5) is 26.1. The summed E-state index contributed by atoms with van der Waals surface area (Å²) in [6.07, 6.45) is 1.11. The third-order valence-electron chi connectivity index (χ3n) is 5.89. The topological polar surface area (TPSA) is 96.6 Å². The molecule has 2 aromatic heterocycles. The fraction of sp³-hybridized carbons (Fsp3) is 0.417. The minimum absolute atomic E-state index is 0.154. The van der Waals surface area contributed by atoms with Crippen molar-refractivity contribution in [3.8, 4) is 5.75 Å². The largest absolute Gasteiger partial charge is 0.497 e. The van der Waals surface area contributed by atoms with Gasteiger partial charge in [0.1, 0.15) is 17.3 Å². The van der Waals surface area contributed by atoms with E-state index in [1.165, 1.54) is 0 Å². The molecule has 1 amide bonds. The van der Waals surface area contributed by atoms with Crippen LogP contribution < -0.4 is 15.0 Å². The number of benzene rings is 1. The van der Waals surface area contributed by atoms with E-state index in [1.807, 2.05) is 56.0 Å². The molecule has 174 valence electrons. The SMILES string of the molecule is COc1ccc(Nc2cc(C)nc(N3CCN(C(=O)CCc4c(C)noc4C)CC3)n2)cc1. The van der Waals surface area contributed by atoms with Gasteiger partial charge in [-0.2, -0.15) is 4.98 Å². The molecule has 1 fully saturated rings. The van der Waals surface area contributed by atoms with Crippen molar-refractivity contribution < 1.29 is 14.1 Å². The summed E-state index contributed by atoms with van der Waals surface area (Å²) in [6, 6.07) is 9.62. The number of hydrogen-bond acceptors (Lipinski definition) is 8. The number of nitrogens with zero attached hydrogens (tertiary/aromatic N) is 5. The number of rotatable bonds is 7. The Balaban J connectivity index is 1.34. The first-order valence-corrected chi connectivity index (χ1v) is 11.1.